The molecule has 0 spiro atoms. The number of nitrogens with zero attached hydrogens (tertiary/aromatic N) is 3. The third-order valence-electron chi connectivity index (χ3n) is 3.53. The molecule has 0 saturated carbocycles. The monoisotopic (exact) mass is 361 g/mol. The summed E-state index contributed by atoms with van der Waals surface area (Å²) in [5.41, 5.74) is 0.826. The molecule has 1 amide bonds. The number of hydrogen-bond acceptors (Lipinski definition) is 2. The van der Waals surface area contributed by atoms with E-state index in [0.717, 1.165) is 48.5 Å². The fourth-order valence-electron chi connectivity index (χ4n) is 2.34. The lowest BCUT2D eigenvalue weighted by molar-refractivity contribution is 0.0633. The van der Waals surface area contributed by atoms with Crippen molar-refractivity contribution < 1.29 is 4.79 Å². The largest absolute Gasteiger partial charge is 0.343 e. The molecule has 0 unspecified atom stereocenters. The minimum Gasteiger partial charge on any atom is -0.343 e. The first kappa shape index (κ1) is 13.9. The second-order valence-corrected chi connectivity index (χ2v) is 5.80. The first-order chi connectivity index (χ1) is 8.65. The van der Waals surface area contributed by atoms with E-state index in [1.54, 1.807) is 0 Å². The first-order valence-corrected chi connectivity index (χ1v) is 7.60. The minimum absolute atomic E-state index is 0.176. The average molecular weight is 361 g/mol. The van der Waals surface area contributed by atoms with Gasteiger partial charge < -0.3 is 14.4 Å². The van der Waals surface area contributed by atoms with Gasteiger partial charge in [-0.1, -0.05) is 6.92 Å². The molecule has 4 nitrogen and oxygen atoms in total. The number of rotatable bonds is 3. The zero-order chi connectivity index (χ0) is 13.1. The summed E-state index contributed by atoms with van der Waals surface area (Å²) in [6, 6.07) is 1.98. The highest BCUT2D eigenvalue weighted by atomic mass is 127. The van der Waals surface area contributed by atoms with Gasteiger partial charge in [0, 0.05) is 42.5 Å². The van der Waals surface area contributed by atoms with Crippen LogP contribution >= 0.6 is 22.6 Å². The normalized spacial score (nSPS) is 17.2. The van der Waals surface area contributed by atoms with Gasteiger partial charge in [-0.3, -0.25) is 4.79 Å². The molecular formula is C13H20IN3O. The molecule has 1 saturated heterocycles. The number of halogens is 1. The van der Waals surface area contributed by atoms with Crippen LogP contribution in [0.2, 0.25) is 0 Å². The van der Waals surface area contributed by atoms with Crippen molar-refractivity contribution in [3.05, 3.63) is 21.5 Å². The van der Waals surface area contributed by atoms with Crippen LogP contribution in [0.25, 0.3) is 0 Å². The molecule has 1 aromatic heterocycles. The number of aryl methyl sites for hydroxylation is 1. The summed E-state index contributed by atoms with van der Waals surface area (Å²) in [6.07, 6.45) is 2.04. The van der Waals surface area contributed by atoms with Crippen molar-refractivity contribution in [2.45, 2.75) is 20.4 Å². The molecule has 1 aliphatic rings. The Morgan fingerprint density at radius 3 is 2.44 bits per heavy atom. The Labute approximate surface area is 122 Å². The SMILES string of the molecule is CCN1CCN(C(=O)c2cc(I)cn2CC)CC1. The fraction of sp³-hybridized carbons (Fsp3) is 0.615. The molecule has 1 aromatic rings. The number of carbonyl (C=O) groups is 1. The second kappa shape index (κ2) is 6.06. The summed E-state index contributed by atoms with van der Waals surface area (Å²) in [5.74, 6) is 0.176. The zero-order valence-electron chi connectivity index (χ0n) is 11.0. The van der Waals surface area contributed by atoms with Crippen LogP contribution < -0.4 is 0 Å². The van der Waals surface area contributed by atoms with Crippen LogP contribution in [0.4, 0.5) is 0 Å². The number of hydrogen-bond donors (Lipinski definition) is 0. The molecule has 2 heterocycles. The topological polar surface area (TPSA) is 28.5 Å². The van der Waals surface area contributed by atoms with Crippen LogP contribution in [0.3, 0.4) is 0 Å². The van der Waals surface area contributed by atoms with Crippen LogP contribution in [0, 0.1) is 3.57 Å². The molecule has 100 valence electrons. The number of piperazine rings is 1. The van der Waals surface area contributed by atoms with Gasteiger partial charge in [-0.25, -0.2) is 0 Å². The van der Waals surface area contributed by atoms with E-state index < -0.39 is 0 Å². The maximum Gasteiger partial charge on any atom is 0.270 e. The summed E-state index contributed by atoms with van der Waals surface area (Å²) in [4.78, 5) is 16.8. The Bertz CT molecular complexity index is 422. The van der Waals surface area contributed by atoms with Crippen molar-refractivity contribution in [2.75, 3.05) is 32.7 Å². The van der Waals surface area contributed by atoms with Crippen molar-refractivity contribution in [1.82, 2.24) is 14.4 Å². The lowest BCUT2D eigenvalue weighted by Gasteiger charge is -2.34. The van der Waals surface area contributed by atoms with E-state index in [1.807, 2.05) is 21.7 Å². The molecule has 1 aliphatic heterocycles. The van der Waals surface area contributed by atoms with Gasteiger partial charge in [0.1, 0.15) is 5.69 Å². The minimum atomic E-state index is 0.176. The van der Waals surface area contributed by atoms with E-state index in [2.05, 4.69) is 41.3 Å². The highest BCUT2D eigenvalue weighted by Gasteiger charge is 2.23. The number of amides is 1. The molecule has 0 bridgehead atoms. The molecule has 1 fully saturated rings. The van der Waals surface area contributed by atoms with Gasteiger partial charge in [0.05, 0.1) is 0 Å². The predicted octanol–water partition coefficient (Wildman–Crippen LogP) is 1.89. The fourth-order valence-corrected chi connectivity index (χ4v) is 2.98. The smallest absolute Gasteiger partial charge is 0.270 e. The molecule has 0 aromatic carbocycles. The summed E-state index contributed by atoms with van der Waals surface area (Å²) in [6.45, 7) is 9.84. The van der Waals surface area contributed by atoms with Crippen molar-refractivity contribution in [2.24, 2.45) is 0 Å². The van der Waals surface area contributed by atoms with Gasteiger partial charge in [-0.15, -0.1) is 0 Å². The van der Waals surface area contributed by atoms with Gasteiger partial charge in [0.25, 0.3) is 5.91 Å². The van der Waals surface area contributed by atoms with Crippen LogP contribution in [0.15, 0.2) is 12.3 Å². The average Bonchev–Trinajstić information content (AvgIpc) is 2.79. The number of likely N-dealkylation sites (N-methyl/N-ethyl adjacent to an activating group) is 1. The molecule has 0 N–H and O–H groups in total. The van der Waals surface area contributed by atoms with Crippen LogP contribution in [-0.4, -0.2) is 53.0 Å². The summed E-state index contributed by atoms with van der Waals surface area (Å²) >= 11 is 2.26. The van der Waals surface area contributed by atoms with E-state index in [1.165, 1.54) is 0 Å². The number of aromatic nitrogens is 1. The third kappa shape index (κ3) is 2.88. The Morgan fingerprint density at radius 2 is 1.89 bits per heavy atom. The van der Waals surface area contributed by atoms with Crippen molar-refractivity contribution in [3.8, 4) is 0 Å². The molecule has 18 heavy (non-hydrogen) atoms. The van der Waals surface area contributed by atoms with Gasteiger partial charge in [-0.05, 0) is 42.1 Å². The zero-order valence-corrected chi connectivity index (χ0v) is 13.2. The second-order valence-electron chi connectivity index (χ2n) is 4.56. The molecule has 5 heteroatoms. The van der Waals surface area contributed by atoms with Gasteiger partial charge in [0.2, 0.25) is 0 Å². The van der Waals surface area contributed by atoms with E-state index in [0.29, 0.717) is 0 Å². The van der Waals surface area contributed by atoms with E-state index >= 15 is 0 Å². The lowest BCUT2D eigenvalue weighted by Crippen LogP contribution is -2.48. The quantitative estimate of drug-likeness (QED) is 0.770. The van der Waals surface area contributed by atoms with Crippen LogP contribution in [-0.2, 0) is 6.54 Å². The number of carbonyl (C=O) groups excluding carboxylic acids is 1. The van der Waals surface area contributed by atoms with E-state index in [-0.39, 0.29) is 5.91 Å². The summed E-state index contributed by atoms with van der Waals surface area (Å²) < 4.78 is 3.17. The highest BCUT2D eigenvalue weighted by Crippen LogP contribution is 2.14. The summed E-state index contributed by atoms with van der Waals surface area (Å²) in [5, 5.41) is 0. The van der Waals surface area contributed by atoms with E-state index in [4.69, 9.17) is 0 Å². The maximum absolute atomic E-state index is 12.5. The molecule has 0 atom stereocenters. The Hall–Kier alpha value is -0.560. The van der Waals surface area contributed by atoms with Crippen LogP contribution in [0.5, 0.6) is 0 Å². The molecule has 0 aliphatic carbocycles. The lowest BCUT2D eigenvalue weighted by atomic mass is 10.2. The van der Waals surface area contributed by atoms with E-state index in [9.17, 15) is 4.79 Å². The van der Waals surface area contributed by atoms with Gasteiger partial charge in [0.15, 0.2) is 0 Å². The maximum atomic E-state index is 12.5. The third-order valence-corrected chi connectivity index (χ3v) is 4.12. The predicted molar refractivity (Wildman–Crippen MR) is 80.8 cm³/mol. The van der Waals surface area contributed by atoms with Gasteiger partial charge in [-0.2, -0.15) is 0 Å². The molecule has 0 radical (unpaired) electrons. The highest BCUT2D eigenvalue weighted by molar-refractivity contribution is 14.1. The Kier molecular flexibility index (Phi) is 4.66. The first-order valence-electron chi connectivity index (χ1n) is 6.53. The van der Waals surface area contributed by atoms with Crippen LogP contribution in [0.1, 0.15) is 24.3 Å². The Balaban J connectivity index is 2.07. The Morgan fingerprint density at radius 1 is 1.22 bits per heavy atom. The molecule has 2 rings (SSSR count). The standard InChI is InChI=1S/C13H20IN3O/c1-3-15-5-7-17(8-6-15)13(18)12-9-11(14)10-16(12)4-2/h9-10H,3-8H2,1-2H3. The summed E-state index contributed by atoms with van der Waals surface area (Å²) in [7, 11) is 0. The van der Waals surface area contributed by atoms with Gasteiger partial charge >= 0.3 is 0 Å². The van der Waals surface area contributed by atoms with Crippen molar-refractivity contribution in [1.29, 1.82) is 0 Å². The molecular weight excluding hydrogens is 341 g/mol. The van der Waals surface area contributed by atoms with Crippen molar-refractivity contribution in [3.63, 3.8) is 0 Å². The van der Waals surface area contributed by atoms with Crippen molar-refractivity contribution >= 4 is 28.5 Å².